The van der Waals surface area contributed by atoms with Crippen LogP contribution in [0.5, 0.6) is 0 Å². The Hall–Kier alpha value is -2.93. The van der Waals surface area contributed by atoms with Gasteiger partial charge in [-0.15, -0.1) is 0 Å². The topological polar surface area (TPSA) is 79.4 Å². The van der Waals surface area contributed by atoms with E-state index >= 15 is 0 Å². The molecule has 25 heavy (non-hydrogen) atoms. The number of amides is 3. The molecule has 0 aliphatic carbocycles. The number of imide groups is 1. The van der Waals surface area contributed by atoms with Crippen molar-refractivity contribution in [1.29, 1.82) is 0 Å². The van der Waals surface area contributed by atoms with E-state index in [0.717, 1.165) is 27.8 Å². The van der Waals surface area contributed by atoms with Gasteiger partial charge in [0.25, 0.3) is 11.1 Å². The average molecular weight is 353 g/mol. The highest BCUT2D eigenvalue weighted by Crippen LogP contribution is 2.31. The van der Waals surface area contributed by atoms with Crippen LogP contribution in [-0.4, -0.2) is 33.5 Å². The third-order valence-electron chi connectivity index (χ3n) is 3.49. The summed E-state index contributed by atoms with van der Waals surface area (Å²) in [4.78, 5) is 41.7. The first kappa shape index (κ1) is 16.9. The average Bonchev–Trinajstić information content (AvgIpc) is 2.85. The summed E-state index contributed by atoms with van der Waals surface area (Å²) in [5, 5.41) is 2.22. The molecule has 1 aliphatic rings. The summed E-state index contributed by atoms with van der Waals surface area (Å²) in [6, 6.07) is 10.8. The Kier molecular flexibility index (Phi) is 4.95. The van der Waals surface area contributed by atoms with Crippen LogP contribution in [0.2, 0.25) is 0 Å². The highest BCUT2D eigenvalue weighted by Gasteiger charge is 2.36. The van der Waals surface area contributed by atoms with Crippen LogP contribution in [0.1, 0.15) is 11.1 Å². The second-order valence-corrected chi connectivity index (χ2v) is 6.46. The molecule has 2 aromatic rings. The summed E-state index contributed by atoms with van der Waals surface area (Å²) in [5.41, 5.74) is 2.41. The molecule has 0 saturated carbocycles. The van der Waals surface area contributed by atoms with E-state index in [1.54, 1.807) is 42.7 Å². The number of nitrogens with zero attached hydrogens (tertiary/aromatic N) is 2. The van der Waals surface area contributed by atoms with Crippen LogP contribution in [0.4, 0.5) is 10.5 Å². The lowest BCUT2D eigenvalue weighted by atomic mass is 10.2. The number of aryl methyl sites for hydroxylation is 1. The van der Waals surface area contributed by atoms with E-state index in [-0.39, 0.29) is 11.4 Å². The summed E-state index contributed by atoms with van der Waals surface area (Å²) in [6.45, 7) is 1.63. The highest BCUT2D eigenvalue weighted by molar-refractivity contribution is 8.18. The fourth-order valence-corrected chi connectivity index (χ4v) is 3.07. The number of hydrogen-bond donors (Lipinski definition) is 1. The monoisotopic (exact) mass is 353 g/mol. The molecule has 0 radical (unpaired) electrons. The Morgan fingerprint density at radius 3 is 2.68 bits per heavy atom. The first-order valence-electron chi connectivity index (χ1n) is 7.55. The van der Waals surface area contributed by atoms with Gasteiger partial charge in [-0.25, -0.2) is 0 Å². The molecule has 0 unspecified atom stereocenters. The number of benzene rings is 1. The standard InChI is InChI=1S/C18H15N3O3S/c1-12-4-6-14(7-5-12)20-16(22)11-21-17(23)15(25-18(21)24)9-13-3-2-8-19-10-13/h2-10H,11H2,1H3,(H,20,22)/b15-9+. The maximum atomic E-state index is 12.4. The van der Waals surface area contributed by atoms with Crippen molar-refractivity contribution in [3.05, 3.63) is 64.8 Å². The van der Waals surface area contributed by atoms with Crippen LogP contribution in [0.3, 0.4) is 0 Å². The van der Waals surface area contributed by atoms with Crippen molar-refractivity contribution in [2.45, 2.75) is 6.92 Å². The fraction of sp³-hybridized carbons (Fsp3) is 0.111. The van der Waals surface area contributed by atoms with Crippen molar-refractivity contribution in [2.24, 2.45) is 0 Å². The zero-order chi connectivity index (χ0) is 17.8. The van der Waals surface area contributed by atoms with Crippen LogP contribution >= 0.6 is 11.8 Å². The van der Waals surface area contributed by atoms with E-state index in [4.69, 9.17) is 0 Å². The number of anilines is 1. The number of thioether (sulfide) groups is 1. The Balaban J connectivity index is 1.67. The lowest BCUT2D eigenvalue weighted by Crippen LogP contribution is -2.36. The molecule has 3 rings (SSSR count). The number of carbonyl (C=O) groups is 3. The van der Waals surface area contributed by atoms with Gasteiger partial charge in [-0.2, -0.15) is 0 Å². The summed E-state index contributed by atoms with van der Waals surface area (Å²) in [5.74, 6) is -0.897. The Bertz CT molecular complexity index is 848. The summed E-state index contributed by atoms with van der Waals surface area (Å²) < 4.78 is 0. The molecule has 126 valence electrons. The molecule has 1 fully saturated rings. The number of hydrogen-bond acceptors (Lipinski definition) is 5. The molecule has 1 aromatic heterocycles. The Morgan fingerprint density at radius 2 is 2.00 bits per heavy atom. The Labute approximate surface area is 148 Å². The van der Waals surface area contributed by atoms with Crippen LogP contribution in [0, 0.1) is 6.92 Å². The van der Waals surface area contributed by atoms with E-state index < -0.39 is 17.1 Å². The molecule has 0 spiro atoms. The largest absolute Gasteiger partial charge is 0.325 e. The zero-order valence-electron chi connectivity index (χ0n) is 13.4. The molecule has 1 aromatic carbocycles. The number of rotatable bonds is 4. The Morgan fingerprint density at radius 1 is 1.24 bits per heavy atom. The molecule has 1 N–H and O–H groups in total. The van der Waals surface area contributed by atoms with Gasteiger partial charge in [0.2, 0.25) is 5.91 Å². The van der Waals surface area contributed by atoms with Gasteiger partial charge in [0.05, 0.1) is 4.91 Å². The number of carbonyl (C=O) groups excluding carboxylic acids is 3. The number of aromatic nitrogens is 1. The van der Waals surface area contributed by atoms with Gasteiger partial charge in [0.1, 0.15) is 6.54 Å². The summed E-state index contributed by atoms with van der Waals surface area (Å²) >= 11 is 0.818. The van der Waals surface area contributed by atoms with E-state index in [1.165, 1.54) is 0 Å². The minimum atomic E-state index is -0.474. The predicted octanol–water partition coefficient (Wildman–Crippen LogP) is 3.07. The van der Waals surface area contributed by atoms with Crippen molar-refractivity contribution in [2.75, 3.05) is 11.9 Å². The lowest BCUT2D eigenvalue weighted by Gasteiger charge is -2.12. The van der Waals surface area contributed by atoms with Crippen LogP contribution in [0.25, 0.3) is 6.08 Å². The van der Waals surface area contributed by atoms with E-state index in [1.807, 2.05) is 19.1 Å². The van der Waals surface area contributed by atoms with Gasteiger partial charge in [-0.1, -0.05) is 23.8 Å². The third kappa shape index (κ3) is 4.13. The van der Waals surface area contributed by atoms with E-state index in [2.05, 4.69) is 10.3 Å². The van der Waals surface area contributed by atoms with Gasteiger partial charge < -0.3 is 5.32 Å². The lowest BCUT2D eigenvalue weighted by molar-refractivity contribution is -0.127. The van der Waals surface area contributed by atoms with Crippen molar-refractivity contribution in [3.8, 4) is 0 Å². The van der Waals surface area contributed by atoms with Gasteiger partial charge in [-0.3, -0.25) is 24.3 Å². The fourth-order valence-electron chi connectivity index (χ4n) is 2.23. The van der Waals surface area contributed by atoms with Gasteiger partial charge in [0.15, 0.2) is 0 Å². The first-order chi connectivity index (χ1) is 12.0. The van der Waals surface area contributed by atoms with Gasteiger partial charge in [-0.05, 0) is 48.5 Å². The molecule has 3 amide bonds. The molecule has 0 bridgehead atoms. The van der Waals surface area contributed by atoms with Crippen molar-refractivity contribution < 1.29 is 14.4 Å². The molecule has 6 nitrogen and oxygen atoms in total. The molecule has 7 heteroatoms. The molecular weight excluding hydrogens is 338 g/mol. The maximum absolute atomic E-state index is 12.4. The van der Waals surface area contributed by atoms with Crippen LogP contribution in [-0.2, 0) is 9.59 Å². The number of pyridine rings is 1. The minimum Gasteiger partial charge on any atom is -0.325 e. The SMILES string of the molecule is Cc1ccc(NC(=O)CN2C(=O)S/C(=C/c3cccnc3)C2=O)cc1. The third-order valence-corrected chi connectivity index (χ3v) is 4.40. The van der Waals surface area contributed by atoms with Crippen molar-refractivity contribution in [1.82, 2.24) is 9.88 Å². The second-order valence-electron chi connectivity index (χ2n) is 5.47. The summed E-state index contributed by atoms with van der Waals surface area (Å²) in [6.07, 6.45) is 4.81. The minimum absolute atomic E-state index is 0.279. The molecule has 0 atom stereocenters. The van der Waals surface area contributed by atoms with Crippen molar-refractivity contribution >= 4 is 40.6 Å². The molecular formula is C18H15N3O3S. The molecule has 1 saturated heterocycles. The predicted molar refractivity (Wildman–Crippen MR) is 96.7 cm³/mol. The molecule has 1 aliphatic heterocycles. The zero-order valence-corrected chi connectivity index (χ0v) is 14.2. The maximum Gasteiger partial charge on any atom is 0.294 e. The summed E-state index contributed by atoms with van der Waals surface area (Å²) in [7, 11) is 0. The van der Waals surface area contributed by atoms with Gasteiger partial charge in [0, 0.05) is 18.1 Å². The van der Waals surface area contributed by atoms with E-state index in [0.29, 0.717) is 5.69 Å². The van der Waals surface area contributed by atoms with E-state index in [9.17, 15) is 14.4 Å². The van der Waals surface area contributed by atoms with Crippen LogP contribution < -0.4 is 5.32 Å². The smallest absolute Gasteiger partial charge is 0.294 e. The second kappa shape index (κ2) is 7.31. The first-order valence-corrected chi connectivity index (χ1v) is 8.36. The van der Waals surface area contributed by atoms with Crippen LogP contribution in [0.15, 0.2) is 53.7 Å². The highest BCUT2D eigenvalue weighted by atomic mass is 32.2. The molecule has 2 heterocycles. The number of nitrogens with one attached hydrogen (secondary N) is 1. The van der Waals surface area contributed by atoms with Crippen molar-refractivity contribution in [3.63, 3.8) is 0 Å². The quantitative estimate of drug-likeness (QED) is 0.855. The normalized spacial score (nSPS) is 15.7. The van der Waals surface area contributed by atoms with Gasteiger partial charge >= 0.3 is 0 Å².